The highest BCUT2D eigenvalue weighted by Gasteiger charge is 2.17. The molecule has 84 valence electrons. The van der Waals surface area contributed by atoms with Gasteiger partial charge in [-0.15, -0.1) is 0 Å². The molecule has 0 aromatic carbocycles. The Bertz CT molecular complexity index is 343. The zero-order valence-corrected chi connectivity index (χ0v) is 11.7. The molecule has 1 aromatic heterocycles. The van der Waals surface area contributed by atoms with Gasteiger partial charge in [0, 0.05) is 19.3 Å². The number of halogens is 2. The summed E-state index contributed by atoms with van der Waals surface area (Å²) in [5, 5.41) is 0.274. The van der Waals surface area contributed by atoms with Crippen molar-refractivity contribution in [3.63, 3.8) is 0 Å². The summed E-state index contributed by atoms with van der Waals surface area (Å²) >= 11 is 9.20. The molecular weight excluding hydrogens is 277 g/mol. The van der Waals surface area contributed by atoms with Crippen LogP contribution in [-0.4, -0.2) is 23.1 Å². The molecule has 5 heteroatoms. The summed E-state index contributed by atoms with van der Waals surface area (Å²) in [6.07, 6.45) is 1.67. The molecule has 3 nitrogen and oxygen atoms in total. The molecule has 0 saturated carbocycles. The van der Waals surface area contributed by atoms with E-state index in [9.17, 15) is 0 Å². The van der Waals surface area contributed by atoms with Gasteiger partial charge >= 0.3 is 0 Å². The van der Waals surface area contributed by atoms with E-state index in [4.69, 9.17) is 11.6 Å². The average Bonchev–Trinajstić information content (AvgIpc) is 2.19. The Morgan fingerprint density at radius 1 is 1.40 bits per heavy atom. The molecule has 15 heavy (non-hydrogen) atoms. The maximum Gasteiger partial charge on any atom is 0.224 e. The third-order valence-electron chi connectivity index (χ3n) is 2.61. The second kappa shape index (κ2) is 5.12. The van der Waals surface area contributed by atoms with Crippen molar-refractivity contribution in [3.05, 3.63) is 16.0 Å². The summed E-state index contributed by atoms with van der Waals surface area (Å²) in [5.41, 5.74) is 0. The number of aromatic nitrogens is 2. The van der Waals surface area contributed by atoms with Crippen molar-refractivity contribution in [2.45, 2.75) is 26.8 Å². The largest absolute Gasteiger partial charge is 0.356 e. The smallest absolute Gasteiger partial charge is 0.224 e. The highest BCUT2D eigenvalue weighted by molar-refractivity contribution is 9.10. The third kappa shape index (κ3) is 3.05. The van der Waals surface area contributed by atoms with E-state index in [0.717, 1.165) is 10.3 Å². The van der Waals surface area contributed by atoms with Crippen LogP contribution in [-0.2, 0) is 0 Å². The molecule has 0 aliphatic heterocycles. The summed E-state index contributed by atoms with van der Waals surface area (Å²) < 4.78 is 0.863. The van der Waals surface area contributed by atoms with Gasteiger partial charge in [-0.2, -0.15) is 4.98 Å². The molecule has 0 radical (unpaired) electrons. The second-order valence-electron chi connectivity index (χ2n) is 3.91. The molecule has 0 aliphatic rings. The number of anilines is 1. The van der Waals surface area contributed by atoms with Gasteiger partial charge in [0.05, 0.1) is 4.47 Å². The molecule has 0 fully saturated rings. The standard InChI is InChI=1S/C10H15BrClN3/c1-6(2)7(3)15(4)9-8(11)5-13-10(12)14-9/h5-7H,1-4H3. The van der Waals surface area contributed by atoms with Gasteiger partial charge in [-0.25, -0.2) is 4.98 Å². The average molecular weight is 293 g/mol. The van der Waals surface area contributed by atoms with E-state index in [2.05, 4.69) is 51.6 Å². The Hall–Kier alpha value is -0.350. The lowest BCUT2D eigenvalue weighted by Gasteiger charge is -2.29. The van der Waals surface area contributed by atoms with E-state index in [1.54, 1.807) is 6.20 Å². The van der Waals surface area contributed by atoms with Crippen LogP contribution in [0.2, 0.25) is 5.28 Å². The first-order chi connectivity index (χ1) is 6.93. The molecule has 0 aliphatic carbocycles. The van der Waals surface area contributed by atoms with Gasteiger partial charge in [-0.05, 0) is 40.4 Å². The van der Waals surface area contributed by atoms with Crippen molar-refractivity contribution >= 4 is 33.3 Å². The van der Waals surface area contributed by atoms with Crippen molar-refractivity contribution in [2.75, 3.05) is 11.9 Å². The van der Waals surface area contributed by atoms with Gasteiger partial charge in [0.1, 0.15) is 5.82 Å². The molecule has 1 rings (SSSR count). The lowest BCUT2D eigenvalue weighted by molar-refractivity contribution is 0.502. The molecule has 1 atom stereocenters. The molecule has 0 saturated heterocycles. The Morgan fingerprint density at radius 2 is 2.00 bits per heavy atom. The highest BCUT2D eigenvalue weighted by Crippen LogP contribution is 2.26. The normalized spacial score (nSPS) is 13.0. The maximum atomic E-state index is 5.78. The summed E-state index contributed by atoms with van der Waals surface area (Å²) in [6.45, 7) is 6.52. The van der Waals surface area contributed by atoms with Crippen molar-refractivity contribution in [3.8, 4) is 0 Å². The van der Waals surface area contributed by atoms with Crippen LogP contribution >= 0.6 is 27.5 Å². The molecule has 1 aromatic rings. The predicted octanol–water partition coefficient (Wildman–Crippen LogP) is 3.37. The van der Waals surface area contributed by atoms with Gasteiger partial charge in [0.15, 0.2) is 0 Å². The summed E-state index contributed by atoms with van der Waals surface area (Å²) in [6, 6.07) is 0.396. The Balaban J connectivity index is 2.99. The number of hydrogen-bond acceptors (Lipinski definition) is 3. The monoisotopic (exact) mass is 291 g/mol. The van der Waals surface area contributed by atoms with Gasteiger partial charge in [-0.3, -0.25) is 0 Å². The minimum Gasteiger partial charge on any atom is -0.356 e. The lowest BCUT2D eigenvalue weighted by atomic mass is 10.1. The summed E-state index contributed by atoms with van der Waals surface area (Å²) in [4.78, 5) is 10.2. The lowest BCUT2D eigenvalue weighted by Crippen LogP contribution is -2.34. The van der Waals surface area contributed by atoms with Crippen LogP contribution in [0.4, 0.5) is 5.82 Å². The van der Waals surface area contributed by atoms with Crippen LogP contribution < -0.4 is 4.90 Å². The highest BCUT2D eigenvalue weighted by atomic mass is 79.9. The topological polar surface area (TPSA) is 29.0 Å². The fourth-order valence-electron chi connectivity index (χ4n) is 1.22. The van der Waals surface area contributed by atoms with Crippen LogP contribution in [0.3, 0.4) is 0 Å². The third-order valence-corrected chi connectivity index (χ3v) is 3.35. The molecule has 0 N–H and O–H groups in total. The van der Waals surface area contributed by atoms with Crippen LogP contribution in [0.25, 0.3) is 0 Å². The molecule has 0 spiro atoms. The Morgan fingerprint density at radius 3 is 2.53 bits per heavy atom. The summed E-state index contributed by atoms with van der Waals surface area (Å²) in [7, 11) is 2.01. The Kier molecular flexibility index (Phi) is 4.34. The van der Waals surface area contributed by atoms with Crippen molar-refractivity contribution < 1.29 is 0 Å². The number of rotatable bonds is 3. The van der Waals surface area contributed by atoms with E-state index in [1.807, 2.05) is 7.05 Å². The number of nitrogens with zero attached hydrogens (tertiary/aromatic N) is 3. The zero-order valence-electron chi connectivity index (χ0n) is 9.33. The first-order valence-electron chi connectivity index (χ1n) is 4.84. The van der Waals surface area contributed by atoms with E-state index in [0.29, 0.717) is 12.0 Å². The van der Waals surface area contributed by atoms with Gasteiger partial charge in [-0.1, -0.05) is 13.8 Å². The quantitative estimate of drug-likeness (QED) is 0.800. The minimum atomic E-state index is 0.274. The van der Waals surface area contributed by atoms with Crippen LogP contribution in [0.1, 0.15) is 20.8 Å². The van der Waals surface area contributed by atoms with E-state index in [-0.39, 0.29) is 5.28 Å². The second-order valence-corrected chi connectivity index (χ2v) is 5.10. The first-order valence-corrected chi connectivity index (χ1v) is 6.01. The van der Waals surface area contributed by atoms with E-state index >= 15 is 0 Å². The molecule has 1 unspecified atom stereocenters. The van der Waals surface area contributed by atoms with Gasteiger partial charge < -0.3 is 4.90 Å². The van der Waals surface area contributed by atoms with Crippen LogP contribution in [0.5, 0.6) is 0 Å². The van der Waals surface area contributed by atoms with Gasteiger partial charge in [0.2, 0.25) is 5.28 Å². The minimum absolute atomic E-state index is 0.274. The van der Waals surface area contributed by atoms with Gasteiger partial charge in [0.25, 0.3) is 0 Å². The van der Waals surface area contributed by atoms with E-state index in [1.165, 1.54) is 0 Å². The molecular formula is C10H15BrClN3. The Labute approximate surface area is 104 Å². The zero-order chi connectivity index (χ0) is 11.6. The predicted molar refractivity (Wildman–Crippen MR) is 67.4 cm³/mol. The van der Waals surface area contributed by atoms with E-state index < -0.39 is 0 Å². The fraction of sp³-hybridized carbons (Fsp3) is 0.600. The maximum absolute atomic E-state index is 5.78. The van der Waals surface area contributed by atoms with Crippen LogP contribution in [0, 0.1) is 5.92 Å². The van der Waals surface area contributed by atoms with Crippen molar-refractivity contribution in [1.82, 2.24) is 9.97 Å². The number of hydrogen-bond donors (Lipinski definition) is 0. The summed E-state index contributed by atoms with van der Waals surface area (Å²) in [5.74, 6) is 1.38. The van der Waals surface area contributed by atoms with Crippen LogP contribution in [0.15, 0.2) is 10.7 Å². The first kappa shape index (κ1) is 12.7. The van der Waals surface area contributed by atoms with Crippen molar-refractivity contribution in [1.29, 1.82) is 0 Å². The molecule has 1 heterocycles. The van der Waals surface area contributed by atoms with Crippen molar-refractivity contribution in [2.24, 2.45) is 5.92 Å². The molecule has 0 amide bonds. The fourth-order valence-corrected chi connectivity index (χ4v) is 1.82. The molecule has 0 bridgehead atoms. The SMILES string of the molecule is CC(C)C(C)N(C)c1nc(Cl)ncc1Br.